The maximum Gasteiger partial charge on any atom is 0.163 e. The van der Waals surface area contributed by atoms with Crippen molar-refractivity contribution in [3.05, 3.63) is 35.4 Å². The number of ketones is 2. The molecule has 0 spiro atoms. The average molecular weight is 263 g/mol. The van der Waals surface area contributed by atoms with Gasteiger partial charge >= 0.3 is 0 Å². The average Bonchev–Trinajstić information content (AvgIpc) is 3.20. The molecular weight excluding hydrogens is 252 g/mol. The van der Waals surface area contributed by atoms with Gasteiger partial charge in [-0.3, -0.25) is 9.59 Å². The maximum atomic E-state index is 13.4. The van der Waals surface area contributed by atoms with Crippen LogP contribution in [0, 0.1) is 34.8 Å². The first kappa shape index (κ1) is 13.3. The van der Waals surface area contributed by atoms with Crippen molar-refractivity contribution in [2.75, 3.05) is 0 Å². The number of nitriles is 1. The van der Waals surface area contributed by atoms with Gasteiger partial charge in [-0.15, -0.1) is 0 Å². The lowest BCUT2D eigenvalue weighted by Gasteiger charge is -2.07. The van der Waals surface area contributed by atoms with E-state index in [2.05, 4.69) is 0 Å². The molecule has 0 bridgehead atoms. The summed E-state index contributed by atoms with van der Waals surface area (Å²) < 4.78 is 26.4. The third-order valence-corrected chi connectivity index (χ3v) is 3.11. The molecule has 0 N–H and O–H groups in total. The monoisotopic (exact) mass is 263 g/mol. The van der Waals surface area contributed by atoms with Gasteiger partial charge in [0.05, 0.1) is 6.07 Å². The first-order valence-electron chi connectivity index (χ1n) is 5.93. The molecule has 19 heavy (non-hydrogen) atoms. The topological polar surface area (TPSA) is 57.9 Å². The summed E-state index contributed by atoms with van der Waals surface area (Å²) in [6.45, 7) is 0. The van der Waals surface area contributed by atoms with Crippen molar-refractivity contribution in [2.45, 2.75) is 19.3 Å². The van der Waals surface area contributed by atoms with Crippen molar-refractivity contribution in [3.8, 4) is 6.07 Å². The second kappa shape index (κ2) is 5.27. The predicted molar refractivity (Wildman–Crippen MR) is 61.9 cm³/mol. The lowest BCUT2D eigenvalue weighted by Crippen LogP contribution is -2.25. The SMILES string of the molecule is N#CC(C(=O)Cc1cccc(F)c1F)C(=O)C1CC1. The highest BCUT2D eigenvalue weighted by molar-refractivity contribution is 6.07. The Morgan fingerprint density at radius 1 is 1.37 bits per heavy atom. The Kier molecular flexibility index (Phi) is 3.70. The zero-order valence-corrected chi connectivity index (χ0v) is 10.0. The molecule has 2 rings (SSSR count). The molecule has 5 heteroatoms. The Morgan fingerprint density at radius 2 is 2.05 bits per heavy atom. The number of hydrogen-bond donors (Lipinski definition) is 0. The number of halogens is 2. The largest absolute Gasteiger partial charge is 0.297 e. The number of rotatable bonds is 5. The third-order valence-electron chi connectivity index (χ3n) is 3.11. The summed E-state index contributed by atoms with van der Waals surface area (Å²) in [6, 6.07) is 5.16. The Labute approximate surface area is 108 Å². The summed E-state index contributed by atoms with van der Waals surface area (Å²) in [4.78, 5) is 23.6. The van der Waals surface area contributed by atoms with E-state index in [1.807, 2.05) is 0 Å². The molecule has 0 radical (unpaired) electrons. The molecule has 1 atom stereocenters. The highest BCUT2D eigenvalue weighted by Gasteiger charge is 2.38. The van der Waals surface area contributed by atoms with Crippen LogP contribution in [-0.2, 0) is 16.0 Å². The number of nitrogens with zero attached hydrogens (tertiary/aromatic N) is 1. The molecule has 1 unspecified atom stereocenters. The van der Waals surface area contributed by atoms with E-state index in [0.717, 1.165) is 6.07 Å². The van der Waals surface area contributed by atoms with E-state index in [4.69, 9.17) is 5.26 Å². The van der Waals surface area contributed by atoms with Crippen LogP contribution in [0.5, 0.6) is 0 Å². The van der Waals surface area contributed by atoms with Crippen LogP contribution in [0.3, 0.4) is 0 Å². The highest BCUT2D eigenvalue weighted by atomic mass is 19.2. The molecule has 1 fully saturated rings. The van der Waals surface area contributed by atoms with Crippen LogP contribution < -0.4 is 0 Å². The van der Waals surface area contributed by atoms with Crippen molar-refractivity contribution in [2.24, 2.45) is 11.8 Å². The Morgan fingerprint density at radius 3 is 2.63 bits per heavy atom. The maximum absolute atomic E-state index is 13.4. The Balaban J connectivity index is 2.13. The molecule has 0 heterocycles. The molecule has 1 aromatic carbocycles. The second-order valence-electron chi connectivity index (χ2n) is 4.59. The molecule has 0 amide bonds. The van der Waals surface area contributed by atoms with Gasteiger partial charge in [0.15, 0.2) is 29.1 Å². The van der Waals surface area contributed by atoms with Crippen LogP contribution in [-0.4, -0.2) is 11.6 Å². The van der Waals surface area contributed by atoms with Crippen LogP contribution in [0.2, 0.25) is 0 Å². The zero-order chi connectivity index (χ0) is 14.0. The number of carbonyl (C=O) groups is 2. The molecule has 1 saturated carbocycles. The summed E-state index contributed by atoms with van der Waals surface area (Å²) >= 11 is 0. The summed E-state index contributed by atoms with van der Waals surface area (Å²) in [7, 11) is 0. The fourth-order valence-electron chi connectivity index (χ4n) is 1.87. The quantitative estimate of drug-likeness (QED) is 0.765. The van der Waals surface area contributed by atoms with Crippen LogP contribution in [0.4, 0.5) is 8.78 Å². The standard InChI is InChI=1S/C14H11F2NO2/c15-11-3-1-2-9(13(11)16)6-12(18)10(7-17)14(19)8-4-5-8/h1-3,8,10H,4-6H2. The minimum absolute atomic E-state index is 0.131. The van der Waals surface area contributed by atoms with Crippen molar-refractivity contribution >= 4 is 11.6 Å². The fourth-order valence-corrected chi connectivity index (χ4v) is 1.87. The van der Waals surface area contributed by atoms with E-state index >= 15 is 0 Å². The van der Waals surface area contributed by atoms with Crippen LogP contribution in [0.1, 0.15) is 18.4 Å². The lowest BCUT2D eigenvalue weighted by molar-refractivity contribution is -0.130. The van der Waals surface area contributed by atoms with Gasteiger partial charge in [0.25, 0.3) is 0 Å². The summed E-state index contributed by atoms with van der Waals surface area (Å²) in [5, 5.41) is 8.89. The van der Waals surface area contributed by atoms with Gasteiger partial charge in [0.1, 0.15) is 0 Å². The molecule has 1 aliphatic carbocycles. The van der Waals surface area contributed by atoms with Crippen LogP contribution >= 0.6 is 0 Å². The van der Waals surface area contributed by atoms with Crippen molar-refractivity contribution < 1.29 is 18.4 Å². The Hall–Kier alpha value is -2.09. The third kappa shape index (κ3) is 2.84. The summed E-state index contributed by atoms with van der Waals surface area (Å²) in [6.07, 6.45) is 0.942. The minimum Gasteiger partial charge on any atom is -0.297 e. The number of hydrogen-bond acceptors (Lipinski definition) is 3. The molecule has 0 aromatic heterocycles. The predicted octanol–water partition coefficient (Wildman–Crippen LogP) is 2.20. The highest BCUT2D eigenvalue weighted by Crippen LogP contribution is 2.32. The van der Waals surface area contributed by atoms with Crippen LogP contribution in [0.15, 0.2) is 18.2 Å². The normalized spacial score (nSPS) is 15.6. The molecular formula is C14H11F2NO2. The first-order chi connectivity index (χ1) is 9.04. The second-order valence-corrected chi connectivity index (χ2v) is 4.59. The van der Waals surface area contributed by atoms with Gasteiger partial charge in [0.2, 0.25) is 0 Å². The Bertz CT molecular complexity index is 573. The van der Waals surface area contributed by atoms with Gasteiger partial charge in [-0.1, -0.05) is 12.1 Å². The van der Waals surface area contributed by atoms with E-state index in [1.165, 1.54) is 12.1 Å². The summed E-state index contributed by atoms with van der Waals surface area (Å²) in [5.74, 6) is -4.81. The van der Waals surface area contributed by atoms with Gasteiger partial charge < -0.3 is 0 Å². The van der Waals surface area contributed by atoms with E-state index in [9.17, 15) is 18.4 Å². The zero-order valence-electron chi connectivity index (χ0n) is 10.0. The van der Waals surface area contributed by atoms with Crippen molar-refractivity contribution in [1.29, 1.82) is 5.26 Å². The van der Waals surface area contributed by atoms with Gasteiger partial charge in [0, 0.05) is 12.3 Å². The molecule has 1 aliphatic rings. The van der Waals surface area contributed by atoms with E-state index in [1.54, 1.807) is 6.07 Å². The van der Waals surface area contributed by atoms with Crippen molar-refractivity contribution in [1.82, 2.24) is 0 Å². The van der Waals surface area contributed by atoms with Crippen molar-refractivity contribution in [3.63, 3.8) is 0 Å². The van der Waals surface area contributed by atoms with Gasteiger partial charge in [-0.05, 0) is 24.5 Å². The van der Waals surface area contributed by atoms with Gasteiger partial charge in [-0.25, -0.2) is 8.78 Å². The number of carbonyl (C=O) groups excluding carboxylic acids is 2. The minimum atomic E-state index is -1.37. The number of benzene rings is 1. The molecule has 1 aromatic rings. The van der Waals surface area contributed by atoms with E-state index in [0.29, 0.717) is 12.8 Å². The first-order valence-corrected chi connectivity index (χ1v) is 5.93. The summed E-state index contributed by atoms with van der Waals surface area (Å²) in [5.41, 5.74) is -0.131. The molecule has 0 aliphatic heterocycles. The number of Topliss-reactive ketones (excluding diaryl/α,β-unsaturated/α-hetero) is 2. The van der Waals surface area contributed by atoms with Gasteiger partial charge in [-0.2, -0.15) is 5.26 Å². The molecule has 3 nitrogen and oxygen atoms in total. The van der Waals surface area contributed by atoms with E-state index < -0.39 is 35.5 Å². The fraction of sp³-hybridized carbons (Fsp3) is 0.357. The lowest BCUT2D eigenvalue weighted by atomic mass is 9.93. The molecule has 98 valence electrons. The smallest absolute Gasteiger partial charge is 0.163 e. The van der Waals surface area contributed by atoms with Crippen LogP contribution in [0.25, 0.3) is 0 Å². The molecule has 0 saturated heterocycles. The van der Waals surface area contributed by atoms with E-state index in [-0.39, 0.29) is 11.5 Å².